The van der Waals surface area contributed by atoms with Gasteiger partial charge >= 0.3 is 0 Å². The molecule has 1 rings (SSSR count). The highest BCUT2D eigenvalue weighted by Crippen LogP contribution is 2.13. The van der Waals surface area contributed by atoms with E-state index in [1.807, 2.05) is 6.07 Å². The Hall–Kier alpha value is -1.33. The van der Waals surface area contributed by atoms with Crippen LogP contribution in [0.4, 0.5) is 5.69 Å². The van der Waals surface area contributed by atoms with Crippen LogP contribution in [-0.4, -0.2) is 35.9 Å². The molecule has 4 N–H and O–H groups in total. The number of rotatable bonds is 5. The Morgan fingerprint density at radius 1 is 1.67 bits per heavy atom. The molecular weight excluding hydrogens is 194 g/mol. The number of aliphatic hydroxyl groups excluding tert-OH is 1. The maximum atomic E-state index is 9.20. The number of ether oxygens (including phenoxy) is 1. The summed E-state index contributed by atoms with van der Waals surface area (Å²) in [4.78, 5) is 3.98. The smallest absolute Gasteiger partial charge is 0.214 e. The molecule has 5 nitrogen and oxygen atoms in total. The molecule has 0 saturated carbocycles. The highest BCUT2D eigenvalue weighted by atomic mass is 16.5. The van der Waals surface area contributed by atoms with Crippen molar-refractivity contribution in [1.82, 2.24) is 4.98 Å². The van der Waals surface area contributed by atoms with E-state index in [0.717, 1.165) is 5.69 Å². The second-order valence-electron chi connectivity index (χ2n) is 3.37. The molecule has 0 bridgehead atoms. The van der Waals surface area contributed by atoms with Crippen molar-refractivity contribution < 1.29 is 9.84 Å². The largest absolute Gasteiger partial charge is 0.481 e. The van der Waals surface area contributed by atoms with Crippen LogP contribution in [0, 0.1) is 0 Å². The summed E-state index contributed by atoms with van der Waals surface area (Å²) in [7, 11) is 1.56. The first kappa shape index (κ1) is 11.7. The van der Waals surface area contributed by atoms with E-state index in [1.165, 1.54) is 0 Å². The number of methoxy groups -OCH3 is 1. The van der Waals surface area contributed by atoms with Crippen LogP contribution in [0.3, 0.4) is 0 Å². The van der Waals surface area contributed by atoms with Gasteiger partial charge in [0.15, 0.2) is 0 Å². The third kappa shape index (κ3) is 3.73. The highest BCUT2D eigenvalue weighted by Gasteiger charge is 2.08. The summed E-state index contributed by atoms with van der Waals surface area (Å²) >= 11 is 0. The van der Waals surface area contributed by atoms with Crippen molar-refractivity contribution >= 4 is 5.69 Å². The minimum atomic E-state index is -0.527. The predicted octanol–water partition coefficient (Wildman–Crippen LogP) is 0.210. The Kier molecular flexibility index (Phi) is 4.33. The number of nitrogens with two attached hydrogens (primary N) is 1. The van der Waals surface area contributed by atoms with Crippen LogP contribution in [0.1, 0.15) is 6.92 Å². The number of aliphatic hydroxyl groups is 1. The van der Waals surface area contributed by atoms with Gasteiger partial charge in [-0.25, -0.2) is 4.98 Å². The molecule has 0 fully saturated rings. The number of aromatic nitrogens is 1. The molecule has 0 amide bonds. The van der Waals surface area contributed by atoms with Gasteiger partial charge in [0.2, 0.25) is 5.88 Å². The minimum absolute atomic E-state index is 0.288. The lowest BCUT2D eigenvalue weighted by Crippen LogP contribution is -2.38. The van der Waals surface area contributed by atoms with Gasteiger partial charge in [-0.2, -0.15) is 0 Å². The first-order chi connectivity index (χ1) is 7.13. The Morgan fingerprint density at radius 3 is 3.00 bits per heavy atom. The highest BCUT2D eigenvalue weighted by molar-refractivity contribution is 5.45. The molecule has 5 heteroatoms. The van der Waals surface area contributed by atoms with E-state index in [4.69, 9.17) is 10.5 Å². The lowest BCUT2D eigenvalue weighted by atomic mass is 10.2. The van der Waals surface area contributed by atoms with E-state index in [1.54, 1.807) is 26.3 Å². The van der Waals surface area contributed by atoms with E-state index in [-0.39, 0.29) is 6.04 Å². The monoisotopic (exact) mass is 211 g/mol. The van der Waals surface area contributed by atoms with E-state index >= 15 is 0 Å². The molecule has 1 heterocycles. The van der Waals surface area contributed by atoms with Crippen LogP contribution in [0.25, 0.3) is 0 Å². The number of pyridine rings is 1. The van der Waals surface area contributed by atoms with Crippen molar-refractivity contribution in [2.75, 3.05) is 19.0 Å². The molecular formula is C10H17N3O2. The molecule has 0 aliphatic rings. The maximum absolute atomic E-state index is 9.20. The van der Waals surface area contributed by atoms with Crippen LogP contribution in [0.2, 0.25) is 0 Å². The van der Waals surface area contributed by atoms with E-state index < -0.39 is 6.10 Å². The second-order valence-corrected chi connectivity index (χ2v) is 3.37. The van der Waals surface area contributed by atoms with Crippen molar-refractivity contribution in [2.45, 2.75) is 19.1 Å². The fourth-order valence-electron chi connectivity index (χ4n) is 1.04. The molecule has 2 atom stereocenters. The SMILES string of the molecule is COc1cc(NCC(N)C(C)O)ccn1. The average Bonchev–Trinajstić information content (AvgIpc) is 2.26. The van der Waals surface area contributed by atoms with E-state index in [9.17, 15) is 5.11 Å². The minimum Gasteiger partial charge on any atom is -0.481 e. The quantitative estimate of drug-likeness (QED) is 0.648. The van der Waals surface area contributed by atoms with Gasteiger partial charge in [-0.05, 0) is 13.0 Å². The lowest BCUT2D eigenvalue weighted by molar-refractivity contribution is 0.168. The van der Waals surface area contributed by atoms with Gasteiger partial charge in [-0.3, -0.25) is 0 Å². The zero-order valence-electron chi connectivity index (χ0n) is 8.97. The third-order valence-corrected chi connectivity index (χ3v) is 2.11. The van der Waals surface area contributed by atoms with Crippen LogP contribution >= 0.6 is 0 Å². The fraction of sp³-hybridized carbons (Fsp3) is 0.500. The predicted molar refractivity (Wildman–Crippen MR) is 58.9 cm³/mol. The zero-order chi connectivity index (χ0) is 11.3. The molecule has 0 aliphatic heterocycles. The number of nitrogens with one attached hydrogen (secondary N) is 1. The fourth-order valence-corrected chi connectivity index (χ4v) is 1.04. The van der Waals surface area contributed by atoms with E-state index in [2.05, 4.69) is 10.3 Å². The first-order valence-electron chi connectivity index (χ1n) is 4.81. The van der Waals surface area contributed by atoms with Crippen molar-refractivity contribution in [3.63, 3.8) is 0 Å². The lowest BCUT2D eigenvalue weighted by Gasteiger charge is -2.16. The standard InChI is InChI=1S/C10H17N3O2/c1-7(14)9(11)6-13-8-3-4-12-10(5-8)15-2/h3-5,7,9,14H,6,11H2,1-2H3,(H,12,13). The molecule has 0 aliphatic carbocycles. The van der Waals surface area contributed by atoms with E-state index in [0.29, 0.717) is 12.4 Å². The molecule has 2 unspecified atom stereocenters. The molecule has 0 aromatic carbocycles. The maximum Gasteiger partial charge on any atom is 0.214 e. The van der Waals surface area contributed by atoms with Crippen molar-refractivity contribution in [3.8, 4) is 5.88 Å². The van der Waals surface area contributed by atoms with Gasteiger partial charge in [0, 0.05) is 30.5 Å². The summed E-state index contributed by atoms with van der Waals surface area (Å²) in [6.07, 6.45) is 1.12. The second kappa shape index (κ2) is 5.53. The van der Waals surface area contributed by atoms with Crippen molar-refractivity contribution in [3.05, 3.63) is 18.3 Å². The normalized spacial score (nSPS) is 14.4. The number of anilines is 1. The van der Waals surface area contributed by atoms with Gasteiger partial charge in [-0.15, -0.1) is 0 Å². The molecule has 84 valence electrons. The summed E-state index contributed by atoms with van der Waals surface area (Å²) in [5, 5.41) is 12.3. The molecule has 1 aromatic rings. The molecule has 15 heavy (non-hydrogen) atoms. The van der Waals surface area contributed by atoms with Crippen LogP contribution in [0.15, 0.2) is 18.3 Å². The Labute approximate surface area is 89.3 Å². The first-order valence-corrected chi connectivity index (χ1v) is 4.81. The topological polar surface area (TPSA) is 80.4 Å². The summed E-state index contributed by atoms with van der Waals surface area (Å²) in [6, 6.07) is 3.30. The summed E-state index contributed by atoms with van der Waals surface area (Å²) in [6.45, 7) is 2.17. The van der Waals surface area contributed by atoms with Crippen molar-refractivity contribution in [2.24, 2.45) is 5.73 Å². The van der Waals surface area contributed by atoms with Gasteiger partial charge < -0.3 is 20.9 Å². The van der Waals surface area contributed by atoms with Crippen LogP contribution in [-0.2, 0) is 0 Å². The van der Waals surface area contributed by atoms with Crippen LogP contribution < -0.4 is 15.8 Å². The summed E-state index contributed by atoms with van der Waals surface area (Å²) < 4.78 is 4.98. The van der Waals surface area contributed by atoms with Crippen molar-refractivity contribution in [1.29, 1.82) is 0 Å². The Balaban J connectivity index is 2.50. The zero-order valence-corrected chi connectivity index (χ0v) is 8.97. The number of nitrogens with zero attached hydrogens (tertiary/aromatic N) is 1. The van der Waals surface area contributed by atoms with Gasteiger partial charge in [0.05, 0.1) is 13.2 Å². The Morgan fingerprint density at radius 2 is 2.40 bits per heavy atom. The van der Waals surface area contributed by atoms with Gasteiger partial charge in [0.25, 0.3) is 0 Å². The summed E-state index contributed by atoms with van der Waals surface area (Å²) in [5.74, 6) is 0.547. The molecule has 0 spiro atoms. The molecule has 1 aromatic heterocycles. The van der Waals surface area contributed by atoms with Gasteiger partial charge in [0.1, 0.15) is 0 Å². The molecule has 0 saturated heterocycles. The third-order valence-electron chi connectivity index (χ3n) is 2.11. The number of hydrogen-bond acceptors (Lipinski definition) is 5. The molecule has 0 radical (unpaired) electrons. The number of hydrogen-bond donors (Lipinski definition) is 3. The Bertz CT molecular complexity index is 304. The van der Waals surface area contributed by atoms with Gasteiger partial charge in [-0.1, -0.05) is 0 Å². The average molecular weight is 211 g/mol. The summed E-state index contributed by atoms with van der Waals surface area (Å²) in [5.41, 5.74) is 6.55. The van der Waals surface area contributed by atoms with Crippen LogP contribution in [0.5, 0.6) is 5.88 Å².